The average molecular weight is 722 g/mol. The number of halogens is 7. The quantitative estimate of drug-likeness (QED) is 0.0528. The Balaban J connectivity index is 1.39. The van der Waals surface area contributed by atoms with E-state index in [2.05, 4.69) is 0 Å². The Hall–Kier alpha value is -4.89. The molecule has 2 heterocycles. The van der Waals surface area contributed by atoms with Gasteiger partial charge in [-0.15, -0.1) is 23.2 Å². The normalized spacial score (nSPS) is 29.2. The maximum absolute atomic E-state index is 15.1. The lowest BCUT2D eigenvalue weighted by Gasteiger charge is -2.50. The predicted octanol–water partition coefficient (Wildman–Crippen LogP) is 5.76. The van der Waals surface area contributed by atoms with Gasteiger partial charge < -0.3 is 5.11 Å². The number of nitro groups is 1. The van der Waals surface area contributed by atoms with Crippen molar-refractivity contribution in [3.8, 4) is 5.75 Å². The summed E-state index contributed by atoms with van der Waals surface area (Å²) in [5, 5.41) is 21.1. The molecule has 4 aliphatic rings. The van der Waals surface area contributed by atoms with Crippen molar-refractivity contribution >= 4 is 63.9 Å². The summed E-state index contributed by atoms with van der Waals surface area (Å²) in [6.07, 6.45) is 0.738. The predicted molar refractivity (Wildman–Crippen MR) is 160 cm³/mol. The first-order valence-electron chi connectivity index (χ1n) is 14.5. The minimum Gasteiger partial charge on any atom is -0.508 e. The summed E-state index contributed by atoms with van der Waals surface area (Å²) in [4.78, 5) is 61.8. The third-order valence-electron chi connectivity index (χ3n) is 9.77. The Morgan fingerprint density at radius 1 is 0.776 bits per heavy atom. The first-order valence-corrected chi connectivity index (χ1v) is 15.2. The molecule has 10 nitrogen and oxygen atoms in total. The van der Waals surface area contributed by atoms with Gasteiger partial charge >= 0.3 is 0 Å². The summed E-state index contributed by atoms with van der Waals surface area (Å²) in [5.41, 5.74) is -1.84. The summed E-state index contributed by atoms with van der Waals surface area (Å²) in [6, 6.07) is 9.60. The molecular formula is C32H18Cl2F5N3O7. The van der Waals surface area contributed by atoms with E-state index in [-0.39, 0.29) is 39.6 Å². The SMILES string of the molecule is O=C1C2CC=C3C(CC4(Cl)C(=O)N(c5c(F)c(F)c(F)c(F)c5F)C(=O)C4(Cl)C3c3ccc(O)cc3)C2C(=O)N1c1ccc([N+](=O)[O-])cc1. The number of carbonyl (C=O) groups excluding carboxylic acids is 4. The lowest BCUT2D eigenvalue weighted by Crippen LogP contribution is -2.60. The highest BCUT2D eigenvalue weighted by Gasteiger charge is 2.77. The van der Waals surface area contributed by atoms with E-state index in [1.54, 1.807) is 0 Å². The van der Waals surface area contributed by atoms with Crippen LogP contribution in [0.1, 0.15) is 24.3 Å². The number of benzene rings is 3. The van der Waals surface area contributed by atoms with Crippen molar-refractivity contribution in [1.82, 2.24) is 0 Å². The van der Waals surface area contributed by atoms with Crippen LogP contribution in [0, 0.1) is 57.0 Å². The second kappa shape index (κ2) is 10.8. The standard InChI is InChI=1S/C32H18Cl2F5N3O7/c33-31-11-18-16(9-10-17-19(18)28(45)40(27(17)44)13-3-5-14(6-4-13)42(48)49)20(12-1-7-15(43)8-2-12)32(31,34)30(47)41(29(31)46)26-24(38)22(36)21(35)23(37)25(26)39/h1-9,17-20,43H,10-11H2. The van der Waals surface area contributed by atoms with Crippen LogP contribution in [-0.2, 0) is 19.2 Å². The first kappa shape index (κ1) is 32.6. The van der Waals surface area contributed by atoms with E-state index in [1.807, 2.05) is 0 Å². The van der Waals surface area contributed by atoms with Gasteiger partial charge in [-0.05, 0) is 48.6 Å². The minimum atomic E-state index is -2.69. The van der Waals surface area contributed by atoms with Crippen LogP contribution in [0.15, 0.2) is 60.2 Å². The number of amides is 4. The summed E-state index contributed by atoms with van der Waals surface area (Å²) in [6.45, 7) is 0. The van der Waals surface area contributed by atoms with Gasteiger partial charge in [0.05, 0.1) is 22.4 Å². The molecule has 3 aromatic rings. The minimum absolute atomic E-state index is 0.0133. The van der Waals surface area contributed by atoms with Crippen molar-refractivity contribution < 1.29 is 51.2 Å². The van der Waals surface area contributed by atoms with Crippen LogP contribution >= 0.6 is 23.2 Å². The van der Waals surface area contributed by atoms with Crippen molar-refractivity contribution in [3.63, 3.8) is 0 Å². The zero-order valence-corrected chi connectivity index (χ0v) is 25.8. The van der Waals surface area contributed by atoms with Gasteiger partial charge in [-0.1, -0.05) is 23.8 Å². The molecule has 1 N–H and O–H groups in total. The molecule has 3 aromatic carbocycles. The molecule has 2 saturated heterocycles. The lowest BCUT2D eigenvalue weighted by atomic mass is 9.56. The van der Waals surface area contributed by atoms with Crippen LogP contribution in [-0.4, -0.2) is 43.4 Å². The highest BCUT2D eigenvalue weighted by molar-refractivity contribution is 6.58. The second-order valence-corrected chi connectivity index (χ2v) is 13.3. The molecule has 4 amide bonds. The van der Waals surface area contributed by atoms with Gasteiger partial charge in [-0.3, -0.25) is 34.2 Å². The fourth-order valence-electron chi connectivity index (χ4n) is 7.59. The van der Waals surface area contributed by atoms with E-state index >= 15 is 8.78 Å². The number of hydrogen-bond acceptors (Lipinski definition) is 7. The van der Waals surface area contributed by atoms with Crippen LogP contribution in [0.5, 0.6) is 5.75 Å². The van der Waals surface area contributed by atoms with Crippen molar-refractivity contribution in [3.05, 3.63) is 105 Å². The van der Waals surface area contributed by atoms with Crippen LogP contribution in [0.25, 0.3) is 0 Å². The Labute approximate surface area is 281 Å². The Morgan fingerprint density at radius 2 is 1.35 bits per heavy atom. The number of aromatic hydroxyl groups is 1. The number of alkyl halides is 2. The molecule has 2 aliphatic heterocycles. The van der Waals surface area contributed by atoms with Crippen LogP contribution in [0.2, 0.25) is 0 Å². The third-order valence-corrected chi connectivity index (χ3v) is 11.2. The number of imide groups is 2. The summed E-state index contributed by atoms with van der Waals surface area (Å²) in [5.74, 6) is -22.3. The van der Waals surface area contributed by atoms with Gasteiger partial charge in [-0.2, -0.15) is 0 Å². The molecule has 0 radical (unpaired) electrons. The fraction of sp³-hybridized carbons (Fsp3) is 0.250. The highest BCUT2D eigenvalue weighted by atomic mass is 35.5. The monoisotopic (exact) mass is 721 g/mol. The van der Waals surface area contributed by atoms with E-state index in [0.717, 1.165) is 17.0 Å². The second-order valence-electron chi connectivity index (χ2n) is 12.1. The number of phenols is 1. The van der Waals surface area contributed by atoms with Gasteiger partial charge in [-0.25, -0.2) is 26.9 Å². The van der Waals surface area contributed by atoms with Gasteiger partial charge in [0.15, 0.2) is 33.0 Å². The molecule has 2 aliphatic carbocycles. The Morgan fingerprint density at radius 3 is 1.92 bits per heavy atom. The number of allylic oxidation sites excluding steroid dienone is 2. The molecule has 49 heavy (non-hydrogen) atoms. The molecule has 17 heteroatoms. The Bertz CT molecular complexity index is 2050. The Kier molecular flexibility index (Phi) is 7.20. The van der Waals surface area contributed by atoms with Crippen molar-refractivity contribution in [2.75, 3.05) is 9.80 Å². The van der Waals surface area contributed by atoms with E-state index in [9.17, 15) is 47.6 Å². The molecule has 0 bridgehead atoms. The number of anilines is 2. The maximum Gasteiger partial charge on any atom is 0.269 e. The molecule has 6 atom stereocenters. The molecule has 7 rings (SSSR count). The molecule has 0 aromatic heterocycles. The summed E-state index contributed by atoms with van der Waals surface area (Å²) >= 11 is 14.1. The highest BCUT2D eigenvalue weighted by Crippen LogP contribution is 2.66. The third kappa shape index (κ3) is 4.17. The largest absolute Gasteiger partial charge is 0.508 e. The van der Waals surface area contributed by atoms with Crippen molar-refractivity contribution in [2.24, 2.45) is 17.8 Å². The van der Waals surface area contributed by atoms with Crippen LogP contribution in [0.3, 0.4) is 0 Å². The lowest BCUT2D eigenvalue weighted by molar-refractivity contribution is -0.384. The average Bonchev–Trinajstić information content (AvgIpc) is 3.41. The first-order chi connectivity index (χ1) is 23.1. The number of non-ortho nitro benzene ring substituents is 1. The van der Waals surface area contributed by atoms with Crippen LogP contribution in [0.4, 0.5) is 39.0 Å². The fourth-order valence-corrected chi connectivity index (χ4v) is 8.52. The number of carbonyl (C=O) groups is 4. The van der Waals surface area contributed by atoms with E-state index in [1.165, 1.54) is 42.5 Å². The van der Waals surface area contributed by atoms with Gasteiger partial charge in [0.2, 0.25) is 17.6 Å². The number of nitrogens with zero attached hydrogens (tertiary/aromatic N) is 3. The maximum atomic E-state index is 15.1. The number of nitro benzene ring substituents is 1. The van der Waals surface area contributed by atoms with E-state index < -0.39 is 103 Å². The molecule has 6 unspecified atom stereocenters. The number of phenolic OH excluding ortho intramolecular Hbond substituents is 1. The number of fused-ring (bicyclic) bond motifs is 4. The van der Waals surface area contributed by atoms with Crippen LogP contribution < -0.4 is 9.80 Å². The summed E-state index contributed by atoms with van der Waals surface area (Å²) < 4.78 is 72.9. The smallest absolute Gasteiger partial charge is 0.269 e. The molecule has 3 fully saturated rings. The number of rotatable bonds is 4. The van der Waals surface area contributed by atoms with Gasteiger partial charge in [0.25, 0.3) is 17.5 Å². The molecular weight excluding hydrogens is 704 g/mol. The molecule has 252 valence electrons. The van der Waals surface area contributed by atoms with Gasteiger partial charge in [0.1, 0.15) is 11.4 Å². The van der Waals surface area contributed by atoms with Gasteiger partial charge in [0, 0.05) is 18.1 Å². The molecule has 1 saturated carbocycles. The molecule has 0 spiro atoms. The number of hydrogen-bond donors (Lipinski definition) is 1. The van der Waals surface area contributed by atoms with Crippen molar-refractivity contribution in [1.29, 1.82) is 0 Å². The van der Waals surface area contributed by atoms with E-state index in [0.29, 0.717) is 0 Å². The van der Waals surface area contributed by atoms with Crippen molar-refractivity contribution in [2.45, 2.75) is 28.5 Å². The van der Waals surface area contributed by atoms with E-state index in [4.69, 9.17) is 23.2 Å². The zero-order chi connectivity index (χ0) is 35.5. The zero-order valence-electron chi connectivity index (χ0n) is 24.3. The topological polar surface area (TPSA) is 138 Å². The summed E-state index contributed by atoms with van der Waals surface area (Å²) in [7, 11) is 0.